The minimum absolute atomic E-state index is 0.123. The molecule has 0 aromatic carbocycles. The zero-order chi connectivity index (χ0) is 19.5. The van der Waals surface area contributed by atoms with Crippen LogP contribution in [-0.4, -0.2) is 49.0 Å². The van der Waals surface area contributed by atoms with Crippen LogP contribution in [-0.2, 0) is 10.2 Å². The third-order valence-corrected chi connectivity index (χ3v) is 4.54. The first kappa shape index (κ1) is 19.2. The van der Waals surface area contributed by atoms with Crippen LogP contribution < -0.4 is 19.2 Å². The van der Waals surface area contributed by atoms with E-state index in [0.717, 1.165) is 9.09 Å². The van der Waals surface area contributed by atoms with Gasteiger partial charge in [0.15, 0.2) is 5.78 Å². The summed E-state index contributed by atoms with van der Waals surface area (Å²) < 4.78 is 33.3. The van der Waals surface area contributed by atoms with Gasteiger partial charge in [0.1, 0.15) is 5.69 Å². The highest BCUT2D eigenvalue weighted by Gasteiger charge is 2.23. The number of hydrogen-bond acceptors (Lipinski definition) is 7. The van der Waals surface area contributed by atoms with Crippen molar-refractivity contribution in [3.63, 3.8) is 0 Å². The number of carbonyl (C=O) groups excluding carboxylic acids is 2. The Morgan fingerprint density at radius 1 is 1.31 bits per heavy atom. The van der Waals surface area contributed by atoms with Gasteiger partial charge in [0, 0.05) is 31.9 Å². The number of ether oxygens (including phenoxy) is 1. The summed E-state index contributed by atoms with van der Waals surface area (Å²) in [4.78, 5) is 31.4. The number of urea groups is 1. The monoisotopic (exact) mass is 382 g/mol. The molecule has 0 aliphatic rings. The van der Waals surface area contributed by atoms with E-state index in [9.17, 15) is 18.0 Å². The van der Waals surface area contributed by atoms with Gasteiger partial charge < -0.3 is 4.74 Å². The molecule has 0 fully saturated rings. The first-order chi connectivity index (χ1) is 12.1. The number of nitrogens with one attached hydrogen (secondary N) is 2. The average molecular weight is 382 g/mol. The van der Waals surface area contributed by atoms with E-state index < -0.39 is 16.2 Å². The molecule has 2 aromatic rings. The topological polar surface area (TPSA) is 136 Å². The maximum Gasteiger partial charge on any atom is 0.340 e. The maximum atomic E-state index is 12.4. The number of aryl methyl sites for hydroxylation is 1. The molecular weight excluding hydrogens is 364 g/mol. The van der Waals surface area contributed by atoms with Gasteiger partial charge in [-0.25, -0.2) is 19.2 Å². The molecule has 140 valence electrons. The van der Waals surface area contributed by atoms with Crippen molar-refractivity contribution in [1.82, 2.24) is 19.4 Å². The molecule has 0 spiro atoms. The highest BCUT2D eigenvalue weighted by molar-refractivity contribution is 7.91. The van der Waals surface area contributed by atoms with Gasteiger partial charge in [0.2, 0.25) is 11.8 Å². The molecule has 12 heteroatoms. The number of carbonyl (C=O) groups is 2. The predicted octanol–water partition coefficient (Wildman–Crippen LogP) is 0.432. The molecule has 2 N–H and O–H groups in total. The van der Waals surface area contributed by atoms with E-state index in [-0.39, 0.29) is 23.3 Å². The van der Waals surface area contributed by atoms with E-state index in [1.165, 1.54) is 39.4 Å². The Morgan fingerprint density at radius 3 is 2.62 bits per heavy atom. The fourth-order valence-corrected chi connectivity index (χ4v) is 2.81. The van der Waals surface area contributed by atoms with Crippen LogP contribution in [0, 0.1) is 6.92 Å². The molecule has 26 heavy (non-hydrogen) atoms. The van der Waals surface area contributed by atoms with E-state index in [4.69, 9.17) is 4.74 Å². The number of rotatable bonds is 6. The Labute approximate surface area is 150 Å². The van der Waals surface area contributed by atoms with Gasteiger partial charge in [-0.2, -0.15) is 17.8 Å². The Hall–Kier alpha value is -3.15. The molecule has 11 nitrogen and oxygen atoms in total. The lowest BCUT2D eigenvalue weighted by Crippen LogP contribution is -2.48. The molecule has 0 bridgehead atoms. The van der Waals surface area contributed by atoms with E-state index in [1.54, 1.807) is 13.0 Å². The van der Waals surface area contributed by atoms with Gasteiger partial charge in [-0.05, 0) is 19.1 Å². The largest absolute Gasteiger partial charge is 0.481 e. The normalized spacial score (nSPS) is 10.9. The average Bonchev–Trinajstić information content (AvgIpc) is 3.02. The lowest BCUT2D eigenvalue weighted by molar-refractivity contribution is 0.100. The molecule has 2 rings (SSSR count). The summed E-state index contributed by atoms with van der Waals surface area (Å²) in [6.07, 6.45) is 1.38. The van der Waals surface area contributed by atoms with Crippen molar-refractivity contribution in [2.45, 2.75) is 13.8 Å². The highest BCUT2D eigenvalue weighted by atomic mass is 32.2. The Balaban J connectivity index is 2.15. The van der Waals surface area contributed by atoms with E-state index in [2.05, 4.69) is 15.3 Å². The van der Waals surface area contributed by atoms with Crippen LogP contribution in [0.25, 0.3) is 0 Å². The zero-order valence-electron chi connectivity index (χ0n) is 14.5. The SMILES string of the molecule is COc1cc(C)nc(NC(=O)NS(=O)(=O)N(C)n2cccc2C(C)=O)n1. The second-order valence-electron chi connectivity index (χ2n) is 5.16. The van der Waals surface area contributed by atoms with Gasteiger partial charge in [-0.15, -0.1) is 0 Å². The molecule has 2 heterocycles. The van der Waals surface area contributed by atoms with Crippen molar-refractivity contribution in [2.24, 2.45) is 0 Å². The number of Topliss-reactive ketones (excluding diaryl/α,β-unsaturated/α-hetero) is 1. The number of anilines is 1. The molecule has 0 radical (unpaired) electrons. The Kier molecular flexibility index (Phi) is 5.45. The fourth-order valence-electron chi connectivity index (χ4n) is 2.02. The lowest BCUT2D eigenvalue weighted by Gasteiger charge is -2.22. The van der Waals surface area contributed by atoms with E-state index in [0.29, 0.717) is 5.69 Å². The number of amides is 2. The Bertz CT molecular complexity index is 939. The van der Waals surface area contributed by atoms with Gasteiger partial charge in [-0.1, -0.05) is 0 Å². The minimum atomic E-state index is -4.29. The summed E-state index contributed by atoms with van der Waals surface area (Å²) in [6, 6.07) is 3.45. The highest BCUT2D eigenvalue weighted by Crippen LogP contribution is 2.11. The van der Waals surface area contributed by atoms with Gasteiger partial charge in [0.25, 0.3) is 0 Å². The standard InChI is InChI=1S/C14H18N6O5S/c1-9-8-12(25-4)16-13(15-9)17-14(22)18-26(23,24)19(3)20-7-5-6-11(20)10(2)21/h5-8H,1-4H3,(H2,15,16,17,18,22). The van der Waals surface area contributed by atoms with Crippen LogP contribution in [0.5, 0.6) is 5.88 Å². The third-order valence-electron chi connectivity index (χ3n) is 3.23. The number of ketones is 1. The molecule has 2 amide bonds. The van der Waals surface area contributed by atoms with Crippen molar-refractivity contribution in [1.29, 1.82) is 0 Å². The van der Waals surface area contributed by atoms with Crippen molar-refractivity contribution in [2.75, 3.05) is 23.9 Å². The molecule has 0 unspecified atom stereocenters. The van der Waals surface area contributed by atoms with Crippen LogP contribution in [0.1, 0.15) is 23.1 Å². The minimum Gasteiger partial charge on any atom is -0.481 e. The summed E-state index contributed by atoms with van der Waals surface area (Å²) in [5, 5.41) is 2.22. The molecule has 2 aromatic heterocycles. The van der Waals surface area contributed by atoms with Crippen molar-refractivity contribution < 1.29 is 22.7 Å². The van der Waals surface area contributed by atoms with Crippen LogP contribution in [0.15, 0.2) is 24.4 Å². The number of hydrogen-bond donors (Lipinski definition) is 2. The number of aromatic nitrogens is 3. The van der Waals surface area contributed by atoms with Crippen LogP contribution in [0.2, 0.25) is 0 Å². The summed E-state index contributed by atoms with van der Waals surface area (Å²) in [6.45, 7) is 2.96. The predicted molar refractivity (Wildman–Crippen MR) is 93.0 cm³/mol. The summed E-state index contributed by atoms with van der Waals surface area (Å²) in [7, 11) is -1.70. The molecule has 0 atom stereocenters. The molecular formula is C14H18N6O5S. The van der Waals surface area contributed by atoms with Crippen molar-refractivity contribution in [3.05, 3.63) is 35.8 Å². The third kappa shape index (κ3) is 4.27. The van der Waals surface area contributed by atoms with Crippen LogP contribution in [0.4, 0.5) is 10.7 Å². The van der Waals surface area contributed by atoms with E-state index >= 15 is 0 Å². The smallest absolute Gasteiger partial charge is 0.340 e. The van der Waals surface area contributed by atoms with Crippen molar-refractivity contribution >= 4 is 28.0 Å². The van der Waals surface area contributed by atoms with Crippen LogP contribution >= 0.6 is 0 Å². The maximum absolute atomic E-state index is 12.4. The second-order valence-corrected chi connectivity index (χ2v) is 6.85. The molecule has 0 aliphatic heterocycles. The molecule has 0 aliphatic carbocycles. The summed E-state index contributed by atoms with van der Waals surface area (Å²) >= 11 is 0. The van der Waals surface area contributed by atoms with E-state index in [1.807, 2.05) is 4.72 Å². The van der Waals surface area contributed by atoms with Gasteiger partial charge in [-0.3, -0.25) is 10.1 Å². The summed E-state index contributed by atoms with van der Waals surface area (Å²) in [5.41, 5.74) is 0.663. The number of nitrogens with zero attached hydrogens (tertiary/aromatic N) is 4. The van der Waals surface area contributed by atoms with Crippen LogP contribution in [0.3, 0.4) is 0 Å². The first-order valence-corrected chi connectivity index (χ1v) is 8.74. The van der Waals surface area contributed by atoms with Gasteiger partial charge >= 0.3 is 16.2 Å². The molecule has 0 saturated carbocycles. The quantitative estimate of drug-likeness (QED) is 0.692. The number of methoxy groups -OCH3 is 1. The lowest BCUT2D eigenvalue weighted by atomic mass is 10.3. The fraction of sp³-hybridized carbons (Fsp3) is 0.286. The Morgan fingerprint density at radius 2 is 2.00 bits per heavy atom. The molecule has 0 saturated heterocycles. The zero-order valence-corrected chi connectivity index (χ0v) is 15.4. The van der Waals surface area contributed by atoms with Crippen molar-refractivity contribution in [3.8, 4) is 5.88 Å². The second kappa shape index (κ2) is 7.39. The van der Waals surface area contributed by atoms with Gasteiger partial charge in [0.05, 0.1) is 7.11 Å². The first-order valence-electron chi connectivity index (χ1n) is 7.30. The summed E-state index contributed by atoms with van der Waals surface area (Å²) in [5.74, 6) is -0.240.